The average molecular weight is 432 g/mol. The molecule has 0 aromatic heterocycles. The third-order valence-corrected chi connectivity index (χ3v) is 6.23. The lowest BCUT2D eigenvalue weighted by molar-refractivity contribution is -0.152. The van der Waals surface area contributed by atoms with Crippen molar-refractivity contribution in [3.63, 3.8) is 0 Å². The van der Waals surface area contributed by atoms with E-state index in [9.17, 15) is 19.5 Å². The first-order valence-corrected chi connectivity index (χ1v) is 11.0. The molecule has 2 atom stereocenters. The molecule has 7 nitrogen and oxygen atoms in total. The molecule has 0 unspecified atom stereocenters. The van der Waals surface area contributed by atoms with Gasteiger partial charge in [-0.2, -0.15) is 0 Å². The highest BCUT2D eigenvalue weighted by molar-refractivity contribution is 5.98. The number of carbonyl (C=O) groups excluding carboxylic acids is 3. The van der Waals surface area contributed by atoms with Gasteiger partial charge >= 0.3 is 5.97 Å². The van der Waals surface area contributed by atoms with E-state index in [1.165, 1.54) is 18.2 Å². The summed E-state index contributed by atoms with van der Waals surface area (Å²) in [6.45, 7) is 9.28. The lowest BCUT2D eigenvalue weighted by atomic mass is 9.65. The molecule has 7 heteroatoms. The number of Topliss-reactive ketones (excluding diaryl/α,β-unsaturated/α-hetero) is 1. The molecule has 1 saturated carbocycles. The van der Waals surface area contributed by atoms with Crippen LogP contribution in [0.1, 0.15) is 70.2 Å². The molecule has 1 heterocycles. The van der Waals surface area contributed by atoms with Crippen LogP contribution in [0.3, 0.4) is 0 Å². The van der Waals surface area contributed by atoms with Crippen molar-refractivity contribution in [3.05, 3.63) is 23.8 Å². The Hall–Kier alpha value is -2.57. The number of benzene rings is 1. The smallest absolute Gasteiger partial charge is 0.306 e. The predicted molar refractivity (Wildman–Crippen MR) is 115 cm³/mol. The Balaban J connectivity index is 1.47. The molecule has 1 aliphatic heterocycles. The second-order valence-electron chi connectivity index (χ2n) is 9.93. The van der Waals surface area contributed by atoms with Gasteiger partial charge < -0.3 is 19.5 Å². The number of esters is 1. The fourth-order valence-electron chi connectivity index (χ4n) is 5.37. The number of aromatic hydroxyl groups is 1. The Labute approximate surface area is 183 Å². The molecule has 3 rings (SSSR count). The van der Waals surface area contributed by atoms with Crippen molar-refractivity contribution in [2.45, 2.75) is 65.8 Å². The number of likely N-dealkylation sites (tertiary alicyclic amines) is 1. The molecule has 170 valence electrons. The van der Waals surface area contributed by atoms with Crippen LogP contribution in [0.2, 0.25) is 0 Å². The lowest BCUT2D eigenvalue weighted by Gasteiger charge is -2.39. The maximum absolute atomic E-state index is 12.7. The van der Waals surface area contributed by atoms with Gasteiger partial charge in [0.1, 0.15) is 0 Å². The van der Waals surface area contributed by atoms with Gasteiger partial charge in [0.25, 0.3) is 5.91 Å². The van der Waals surface area contributed by atoms with E-state index >= 15 is 0 Å². The van der Waals surface area contributed by atoms with Crippen LogP contribution < -0.4 is 4.74 Å². The van der Waals surface area contributed by atoms with E-state index in [-0.39, 0.29) is 59.5 Å². The van der Waals surface area contributed by atoms with Gasteiger partial charge in [0, 0.05) is 24.6 Å². The van der Waals surface area contributed by atoms with Gasteiger partial charge in [0.2, 0.25) is 0 Å². The van der Waals surface area contributed by atoms with E-state index in [1.54, 1.807) is 6.92 Å². The number of ketones is 1. The van der Waals surface area contributed by atoms with E-state index in [1.807, 2.05) is 4.90 Å². The number of amides is 1. The van der Waals surface area contributed by atoms with Crippen LogP contribution in [-0.4, -0.2) is 53.5 Å². The molecule has 0 spiro atoms. The SMILES string of the molecule is CCOc1cc(C(=O)CCC(=O)OCC(=O)N2C[C@@]3(C)C[C@@H]2CC(C)(C)C3)ccc1O. The first-order valence-electron chi connectivity index (χ1n) is 11.0. The fraction of sp³-hybridized carbons (Fsp3) is 0.625. The summed E-state index contributed by atoms with van der Waals surface area (Å²) in [7, 11) is 0. The third-order valence-electron chi connectivity index (χ3n) is 6.23. The zero-order valence-corrected chi connectivity index (χ0v) is 18.9. The molecule has 1 N–H and O–H groups in total. The van der Waals surface area contributed by atoms with Crippen LogP contribution in [0.5, 0.6) is 11.5 Å². The minimum Gasteiger partial charge on any atom is -0.504 e. The molecule has 2 bridgehead atoms. The van der Waals surface area contributed by atoms with Gasteiger partial charge in [-0.25, -0.2) is 0 Å². The maximum atomic E-state index is 12.7. The maximum Gasteiger partial charge on any atom is 0.306 e. The normalized spacial score (nSPS) is 24.0. The molecule has 1 saturated heterocycles. The van der Waals surface area contributed by atoms with Crippen LogP contribution in [0.4, 0.5) is 0 Å². The fourth-order valence-corrected chi connectivity index (χ4v) is 5.37. The Morgan fingerprint density at radius 1 is 1.16 bits per heavy atom. The minimum atomic E-state index is -0.570. The first kappa shape index (κ1) is 23.1. The molecular formula is C24H33NO6. The van der Waals surface area contributed by atoms with E-state index in [2.05, 4.69) is 20.8 Å². The summed E-state index contributed by atoms with van der Waals surface area (Å²) >= 11 is 0. The molecule has 1 aromatic rings. The number of ether oxygens (including phenoxy) is 2. The van der Waals surface area contributed by atoms with Crippen LogP contribution in [0.15, 0.2) is 18.2 Å². The molecule has 2 fully saturated rings. The summed E-state index contributed by atoms with van der Waals surface area (Å²) in [6, 6.07) is 4.55. The minimum absolute atomic E-state index is 0.0397. The number of hydrogen-bond acceptors (Lipinski definition) is 6. The highest BCUT2D eigenvalue weighted by Gasteiger charge is 2.50. The topological polar surface area (TPSA) is 93.1 Å². The van der Waals surface area contributed by atoms with Crippen molar-refractivity contribution in [1.29, 1.82) is 0 Å². The summed E-state index contributed by atoms with van der Waals surface area (Å²) < 4.78 is 10.5. The Kier molecular flexibility index (Phi) is 6.62. The molecule has 1 aliphatic carbocycles. The second-order valence-corrected chi connectivity index (χ2v) is 9.93. The number of phenolic OH excluding ortho intramolecular Hbond substituents is 1. The van der Waals surface area contributed by atoms with Crippen LogP contribution >= 0.6 is 0 Å². The standard InChI is InChI=1S/C24H33NO6/c1-5-30-20-10-16(6-7-19(20)27)18(26)8-9-22(29)31-13-21(28)25-15-24(4)12-17(25)11-23(2,3)14-24/h6-7,10,17,27H,5,8-9,11-15H2,1-4H3/t17-,24-/m0/s1. The van der Waals surface area contributed by atoms with Gasteiger partial charge in [-0.1, -0.05) is 20.8 Å². The van der Waals surface area contributed by atoms with Gasteiger partial charge in [-0.15, -0.1) is 0 Å². The van der Waals surface area contributed by atoms with Crippen LogP contribution in [-0.2, 0) is 14.3 Å². The number of fused-ring (bicyclic) bond motifs is 2. The summed E-state index contributed by atoms with van der Waals surface area (Å²) in [6.07, 6.45) is 2.91. The Morgan fingerprint density at radius 3 is 2.61 bits per heavy atom. The highest BCUT2D eigenvalue weighted by Crippen LogP contribution is 2.52. The molecule has 31 heavy (non-hydrogen) atoms. The number of carbonyl (C=O) groups is 3. The molecule has 1 amide bonds. The zero-order valence-electron chi connectivity index (χ0n) is 18.9. The van der Waals surface area contributed by atoms with Gasteiger partial charge in [0.15, 0.2) is 23.9 Å². The quantitative estimate of drug-likeness (QED) is 0.498. The Morgan fingerprint density at radius 2 is 1.90 bits per heavy atom. The van der Waals surface area contributed by atoms with Gasteiger partial charge in [-0.05, 0) is 55.2 Å². The average Bonchev–Trinajstić information content (AvgIpc) is 2.94. The van der Waals surface area contributed by atoms with E-state index in [0.29, 0.717) is 18.7 Å². The largest absolute Gasteiger partial charge is 0.504 e. The molecule has 0 radical (unpaired) electrons. The summed E-state index contributed by atoms with van der Waals surface area (Å²) in [5.74, 6) is -0.799. The van der Waals surface area contributed by atoms with Crippen molar-refractivity contribution in [2.75, 3.05) is 19.8 Å². The number of hydrogen-bond donors (Lipinski definition) is 1. The van der Waals surface area contributed by atoms with Crippen LogP contribution in [0, 0.1) is 10.8 Å². The predicted octanol–water partition coefficient (Wildman–Crippen LogP) is 3.72. The van der Waals surface area contributed by atoms with Crippen molar-refractivity contribution in [2.24, 2.45) is 10.8 Å². The molecule has 2 aliphatic rings. The monoisotopic (exact) mass is 431 g/mol. The second kappa shape index (κ2) is 8.89. The van der Waals surface area contributed by atoms with E-state index < -0.39 is 5.97 Å². The highest BCUT2D eigenvalue weighted by atomic mass is 16.5. The van der Waals surface area contributed by atoms with Gasteiger partial charge in [-0.3, -0.25) is 14.4 Å². The number of rotatable bonds is 8. The van der Waals surface area contributed by atoms with E-state index in [0.717, 1.165) is 19.3 Å². The zero-order chi connectivity index (χ0) is 22.8. The summed E-state index contributed by atoms with van der Waals surface area (Å²) in [5.41, 5.74) is 0.688. The lowest BCUT2D eigenvalue weighted by Crippen LogP contribution is -2.39. The first-order chi connectivity index (χ1) is 14.5. The summed E-state index contributed by atoms with van der Waals surface area (Å²) in [5, 5.41) is 9.73. The van der Waals surface area contributed by atoms with Gasteiger partial charge in [0.05, 0.1) is 13.0 Å². The number of nitrogens with zero attached hydrogens (tertiary/aromatic N) is 1. The third kappa shape index (κ3) is 5.57. The molecular weight excluding hydrogens is 398 g/mol. The van der Waals surface area contributed by atoms with Crippen molar-refractivity contribution >= 4 is 17.7 Å². The van der Waals surface area contributed by atoms with Crippen molar-refractivity contribution < 1.29 is 29.0 Å². The molecule has 1 aromatic carbocycles. The number of phenols is 1. The van der Waals surface area contributed by atoms with Crippen molar-refractivity contribution in [3.8, 4) is 11.5 Å². The summed E-state index contributed by atoms with van der Waals surface area (Å²) in [4.78, 5) is 39.0. The van der Waals surface area contributed by atoms with E-state index in [4.69, 9.17) is 9.47 Å². The Bertz CT molecular complexity index is 864. The van der Waals surface area contributed by atoms with Crippen molar-refractivity contribution in [1.82, 2.24) is 4.90 Å². The van der Waals surface area contributed by atoms with Crippen LogP contribution in [0.25, 0.3) is 0 Å².